The van der Waals surface area contributed by atoms with Crippen molar-refractivity contribution in [2.75, 3.05) is 13.2 Å². The molecule has 2 amide bonds. The number of hydrogen-bond donors (Lipinski definition) is 2. The number of nitrogens with zero attached hydrogens (tertiary/aromatic N) is 6. The van der Waals surface area contributed by atoms with E-state index >= 15 is 0 Å². The van der Waals surface area contributed by atoms with Gasteiger partial charge in [-0.05, 0) is 72.5 Å². The summed E-state index contributed by atoms with van der Waals surface area (Å²) in [5, 5.41) is 9.89. The molecule has 4 aromatic heterocycles. The summed E-state index contributed by atoms with van der Waals surface area (Å²) in [6, 6.07) is 26.6. The minimum atomic E-state index is -0.148. The standard InChI is InChI=1S/2C19H18N4O2.H2O/c2*24-18(23-22-14-15-8-11-20-12-9-15)7-3-13-25-17-6-1-4-16-5-2-10-21-19(16)17;/h2*1-2,4-6,8-12,14H,3,7,13H2,(H,23,24);1H2/b2*22-14+;. The number of rotatable bonds is 14. The summed E-state index contributed by atoms with van der Waals surface area (Å²) in [7, 11) is 0. The molecular formula is C38H38N8O5. The summed E-state index contributed by atoms with van der Waals surface area (Å²) in [4.78, 5) is 40.0. The zero-order valence-corrected chi connectivity index (χ0v) is 27.8. The van der Waals surface area contributed by atoms with E-state index in [-0.39, 0.29) is 17.3 Å². The molecule has 0 aliphatic rings. The van der Waals surface area contributed by atoms with Crippen LogP contribution in [0.1, 0.15) is 36.8 Å². The summed E-state index contributed by atoms with van der Waals surface area (Å²) < 4.78 is 11.5. The predicted octanol–water partition coefficient (Wildman–Crippen LogP) is 5.05. The van der Waals surface area contributed by atoms with Gasteiger partial charge in [0.1, 0.15) is 22.5 Å². The maximum absolute atomic E-state index is 11.8. The number of para-hydroxylation sites is 2. The molecule has 4 heterocycles. The lowest BCUT2D eigenvalue weighted by molar-refractivity contribution is -0.122. The molecule has 13 nitrogen and oxygen atoms in total. The van der Waals surface area contributed by atoms with Gasteiger partial charge in [-0.2, -0.15) is 10.2 Å². The average molecular weight is 687 g/mol. The van der Waals surface area contributed by atoms with Gasteiger partial charge < -0.3 is 14.9 Å². The van der Waals surface area contributed by atoms with E-state index in [1.807, 2.05) is 84.9 Å². The maximum Gasteiger partial charge on any atom is 0.240 e. The van der Waals surface area contributed by atoms with E-state index in [9.17, 15) is 9.59 Å². The van der Waals surface area contributed by atoms with Crippen molar-refractivity contribution < 1.29 is 24.5 Å². The fourth-order valence-electron chi connectivity index (χ4n) is 4.58. The third-order valence-corrected chi connectivity index (χ3v) is 7.02. The minimum absolute atomic E-state index is 0. The summed E-state index contributed by atoms with van der Waals surface area (Å²) >= 11 is 0. The number of carbonyl (C=O) groups is 2. The van der Waals surface area contributed by atoms with Gasteiger partial charge in [0.2, 0.25) is 11.8 Å². The zero-order chi connectivity index (χ0) is 34.6. The lowest BCUT2D eigenvalue weighted by Gasteiger charge is -2.08. The Morgan fingerprint density at radius 1 is 0.569 bits per heavy atom. The van der Waals surface area contributed by atoms with Crippen LogP contribution < -0.4 is 20.3 Å². The van der Waals surface area contributed by atoms with Crippen molar-refractivity contribution in [3.63, 3.8) is 0 Å². The fourth-order valence-corrected chi connectivity index (χ4v) is 4.58. The summed E-state index contributed by atoms with van der Waals surface area (Å²) in [6.45, 7) is 0.883. The molecule has 0 unspecified atom stereocenters. The van der Waals surface area contributed by atoms with Gasteiger partial charge in [-0.1, -0.05) is 36.4 Å². The van der Waals surface area contributed by atoms with Crippen molar-refractivity contribution in [3.05, 3.63) is 133 Å². The largest absolute Gasteiger partial charge is 0.491 e. The molecular weight excluding hydrogens is 648 g/mol. The maximum atomic E-state index is 11.8. The normalized spacial score (nSPS) is 10.7. The molecule has 260 valence electrons. The Labute approximate surface area is 294 Å². The molecule has 6 rings (SSSR count). The highest BCUT2D eigenvalue weighted by molar-refractivity contribution is 5.85. The second-order valence-corrected chi connectivity index (χ2v) is 10.7. The van der Waals surface area contributed by atoms with E-state index in [0.717, 1.165) is 44.4 Å². The lowest BCUT2D eigenvalue weighted by atomic mass is 10.2. The number of pyridine rings is 4. The van der Waals surface area contributed by atoms with E-state index in [2.05, 4.69) is 41.0 Å². The highest BCUT2D eigenvalue weighted by atomic mass is 16.5. The van der Waals surface area contributed by atoms with Crippen molar-refractivity contribution >= 4 is 46.0 Å². The van der Waals surface area contributed by atoms with Crippen LogP contribution in [0.5, 0.6) is 11.5 Å². The molecule has 6 aromatic rings. The molecule has 4 N–H and O–H groups in total. The van der Waals surface area contributed by atoms with Crippen LogP contribution in [-0.2, 0) is 9.59 Å². The van der Waals surface area contributed by atoms with Gasteiger partial charge in [-0.3, -0.25) is 29.5 Å². The van der Waals surface area contributed by atoms with E-state index in [1.54, 1.807) is 49.6 Å². The van der Waals surface area contributed by atoms with Gasteiger partial charge in [0.15, 0.2) is 0 Å². The molecule has 2 aromatic carbocycles. The Hall–Kier alpha value is -6.60. The zero-order valence-electron chi connectivity index (χ0n) is 27.8. The van der Waals surface area contributed by atoms with Gasteiger partial charge in [0.25, 0.3) is 0 Å². The average Bonchev–Trinajstić information content (AvgIpc) is 3.16. The quantitative estimate of drug-likeness (QED) is 0.0905. The first-order chi connectivity index (χ1) is 24.7. The molecule has 0 atom stereocenters. The third-order valence-electron chi connectivity index (χ3n) is 7.02. The number of amides is 2. The monoisotopic (exact) mass is 686 g/mol. The Balaban J connectivity index is 0.000000224. The van der Waals surface area contributed by atoms with E-state index in [1.165, 1.54) is 0 Å². The van der Waals surface area contributed by atoms with Crippen molar-refractivity contribution in [2.24, 2.45) is 10.2 Å². The first kappa shape index (κ1) is 37.2. The van der Waals surface area contributed by atoms with Crippen LogP contribution >= 0.6 is 0 Å². The molecule has 13 heteroatoms. The highest BCUT2D eigenvalue weighted by Gasteiger charge is 2.06. The number of fused-ring (bicyclic) bond motifs is 2. The molecule has 0 fully saturated rings. The smallest absolute Gasteiger partial charge is 0.240 e. The Kier molecular flexibility index (Phi) is 15.1. The highest BCUT2D eigenvalue weighted by Crippen LogP contribution is 2.24. The van der Waals surface area contributed by atoms with Crippen LogP contribution in [0.25, 0.3) is 21.8 Å². The molecule has 0 aliphatic carbocycles. The Morgan fingerprint density at radius 2 is 0.980 bits per heavy atom. The Bertz CT molecular complexity index is 1870. The molecule has 0 radical (unpaired) electrons. The fraction of sp³-hybridized carbons (Fsp3) is 0.158. The van der Waals surface area contributed by atoms with Gasteiger partial charge in [0, 0.05) is 60.8 Å². The number of ether oxygens (including phenoxy) is 2. The third kappa shape index (κ3) is 12.4. The molecule has 0 saturated carbocycles. The lowest BCUT2D eigenvalue weighted by Crippen LogP contribution is -2.18. The SMILES string of the molecule is O.O=C(CCCOc1cccc2cccnc12)N/N=C/c1ccncc1.O=C(CCCOc1cccc2cccnc12)N/N=C/c1ccncc1. The topological polar surface area (TPSA) is 184 Å². The van der Waals surface area contributed by atoms with Gasteiger partial charge >= 0.3 is 0 Å². The number of aromatic nitrogens is 4. The summed E-state index contributed by atoms with van der Waals surface area (Å²) in [6.07, 6.45) is 15.2. The molecule has 51 heavy (non-hydrogen) atoms. The predicted molar refractivity (Wildman–Crippen MR) is 197 cm³/mol. The van der Waals surface area contributed by atoms with Crippen molar-refractivity contribution in [1.29, 1.82) is 0 Å². The van der Waals surface area contributed by atoms with Crippen LogP contribution in [0.3, 0.4) is 0 Å². The van der Waals surface area contributed by atoms with E-state index < -0.39 is 0 Å². The van der Waals surface area contributed by atoms with Gasteiger partial charge in [0.05, 0.1) is 25.6 Å². The molecule has 0 saturated heterocycles. The van der Waals surface area contributed by atoms with Crippen LogP contribution in [0, 0.1) is 0 Å². The number of carbonyl (C=O) groups excluding carboxylic acids is 2. The van der Waals surface area contributed by atoms with Crippen LogP contribution in [0.2, 0.25) is 0 Å². The first-order valence-corrected chi connectivity index (χ1v) is 16.0. The van der Waals surface area contributed by atoms with E-state index in [4.69, 9.17) is 9.47 Å². The van der Waals surface area contributed by atoms with Crippen LogP contribution in [0.4, 0.5) is 0 Å². The number of nitrogens with one attached hydrogen (secondary N) is 2. The van der Waals surface area contributed by atoms with Crippen LogP contribution in [0.15, 0.2) is 132 Å². The van der Waals surface area contributed by atoms with Gasteiger partial charge in [-0.15, -0.1) is 0 Å². The molecule has 0 spiro atoms. The second-order valence-electron chi connectivity index (χ2n) is 10.7. The molecule has 0 bridgehead atoms. The summed E-state index contributed by atoms with van der Waals surface area (Å²) in [5.74, 6) is 1.17. The summed E-state index contributed by atoms with van der Waals surface area (Å²) in [5.41, 5.74) is 8.42. The molecule has 0 aliphatic heterocycles. The van der Waals surface area contributed by atoms with Crippen molar-refractivity contribution in [1.82, 2.24) is 30.8 Å². The second kappa shape index (κ2) is 20.7. The minimum Gasteiger partial charge on any atom is -0.491 e. The van der Waals surface area contributed by atoms with Crippen molar-refractivity contribution in [3.8, 4) is 11.5 Å². The van der Waals surface area contributed by atoms with Crippen molar-refractivity contribution in [2.45, 2.75) is 25.7 Å². The number of hydrogen-bond acceptors (Lipinski definition) is 10. The first-order valence-electron chi connectivity index (χ1n) is 16.0. The Morgan fingerprint density at radius 3 is 1.41 bits per heavy atom. The number of hydrazone groups is 2. The van der Waals surface area contributed by atoms with E-state index in [0.29, 0.717) is 38.9 Å². The van der Waals surface area contributed by atoms with Gasteiger partial charge in [-0.25, -0.2) is 10.9 Å². The van der Waals surface area contributed by atoms with Crippen LogP contribution in [-0.4, -0.2) is 62.9 Å². The number of benzene rings is 2.